The number of ether oxygens (including phenoxy) is 1. The zero-order valence-corrected chi connectivity index (χ0v) is 20.7. The van der Waals surface area contributed by atoms with Gasteiger partial charge in [-0.3, -0.25) is 4.79 Å². The third-order valence-electron chi connectivity index (χ3n) is 5.52. The van der Waals surface area contributed by atoms with Crippen LogP contribution in [0.2, 0.25) is 0 Å². The number of nitrogens with zero attached hydrogens (tertiary/aromatic N) is 1. The molecule has 0 bridgehead atoms. The largest absolute Gasteiger partial charge is 0.391 e. The normalized spacial score (nSPS) is 16.4. The maximum absolute atomic E-state index is 12.9. The number of carbonyl (C=O) groups is 3. The smallest absolute Gasteiger partial charge is 0.332 e. The SMILES string of the molecule is Cc1ccc(S(=O)(=O)N[C@@H](CC(=O)Nc2ccc(N(C)C)cc2)C(=O)OC(=O)[C@@H]2CCCN2)cc1. The number of amides is 1. The van der Waals surface area contributed by atoms with Gasteiger partial charge in [0.2, 0.25) is 15.9 Å². The molecule has 3 rings (SSSR count). The van der Waals surface area contributed by atoms with Crippen LogP contribution in [-0.2, 0) is 29.1 Å². The second-order valence-corrected chi connectivity index (χ2v) is 10.3. The standard InChI is InChI=1S/C24H30N4O6S/c1-16-6-12-19(13-7-16)35(32,33)27-21(24(31)34-23(30)20-5-4-14-25-20)15-22(29)26-17-8-10-18(11-9-17)28(2)3/h6-13,20-21,25,27H,4-5,14-15H2,1-3H3,(H,26,29)/t20-,21-/m0/s1. The van der Waals surface area contributed by atoms with Crippen LogP contribution in [0.4, 0.5) is 11.4 Å². The molecule has 1 saturated heterocycles. The van der Waals surface area contributed by atoms with Crippen molar-refractivity contribution in [1.29, 1.82) is 0 Å². The van der Waals surface area contributed by atoms with Crippen molar-refractivity contribution < 1.29 is 27.5 Å². The van der Waals surface area contributed by atoms with Gasteiger partial charge in [0.15, 0.2) is 0 Å². The summed E-state index contributed by atoms with van der Waals surface area (Å²) >= 11 is 0. The van der Waals surface area contributed by atoms with Crippen LogP contribution >= 0.6 is 0 Å². The molecule has 188 valence electrons. The predicted octanol–water partition coefficient (Wildman–Crippen LogP) is 1.56. The zero-order chi connectivity index (χ0) is 25.6. The Morgan fingerprint density at radius 2 is 1.74 bits per heavy atom. The van der Waals surface area contributed by atoms with Gasteiger partial charge >= 0.3 is 11.9 Å². The van der Waals surface area contributed by atoms with Gasteiger partial charge in [-0.2, -0.15) is 4.72 Å². The van der Waals surface area contributed by atoms with Crippen LogP contribution in [0.3, 0.4) is 0 Å². The van der Waals surface area contributed by atoms with Crippen LogP contribution in [0.5, 0.6) is 0 Å². The minimum atomic E-state index is -4.17. The zero-order valence-electron chi connectivity index (χ0n) is 19.9. The molecule has 0 radical (unpaired) electrons. The number of aryl methyl sites for hydroxylation is 1. The molecule has 1 aliphatic heterocycles. The fourth-order valence-corrected chi connectivity index (χ4v) is 4.70. The van der Waals surface area contributed by atoms with Gasteiger partial charge in [0.1, 0.15) is 12.1 Å². The van der Waals surface area contributed by atoms with Crippen LogP contribution in [0.15, 0.2) is 53.4 Å². The van der Waals surface area contributed by atoms with Gasteiger partial charge in [0, 0.05) is 25.5 Å². The summed E-state index contributed by atoms with van der Waals surface area (Å²) in [5.74, 6) is -2.56. The van der Waals surface area contributed by atoms with E-state index in [1.807, 2.05) is 25.9 Å². The number of hydrogen-bond acceptors (Lipinski definition) is 8. The summed E-state index contributed by atoms with van der Waals surface area (Å²) in [5, 5.41) is 5.56. The van der Waals surface area contributed by atoms with Crippen molar-refractivity contribution in [2.75, 3.05) is 30.9 Å². The lowest BCUT2D eigenvalue weighted by atomic mass is 10.2. The summed E-state index contributed by atoms with van der Waals surface area (Å²) in [4.78, 5) is 39.6. The predicted molar refractivity (Wildman–Crippen MR) is 131 cm³/mol. The average Bonchev–Trinajstić information content (AvgIpc) is 3.34. The quantitative estimate of drug-likeness (QED) is 0.347. The number of esters is 2. The summed E-state index contributed by atoms with van der Waals surface area (Å²) in [6, 6.07) is 10.7. The molecule has 0 aromatic heterocycles. The third kappa shape index (κ3) is 7.35. The lowest BCUT2D eigenvalue weighted by molar-refractivity contribution is -0.162. The molecule has 35 heavy (non-hydrogen) atoms. The van der Waals surface area contributed by atoms with Crippen LogP contribution in [0, 0.1) is 6.92 Å². The monoisotopic (exact) mass is 502 g/mol. The minimum absolute atomic E-state index is 0.0793. The first-order chi connectivity index (χ1) is 16.5. The van der Waals surface area contributed by atoms with Crippen LogP contribution in [-0.4, -0.2) is 59.0 Å². The molecule has 2 aromatic carbocycles. The summed E-state index contributed by atoms with van der Waals surface area (Å²) < 4.78 is 32.9. The minimum Gasteiger partial charge on any atom is -0.391 e. The van der Waals surface area contributed by atoms with Crippen molar-refractivity contribution in [2.45, 2.75) is 43.2 Å². The molecule has 11 heteroatoms. The molecule has 0 spiro atoms. The average molecular weight is 503 g/mol. The second-order valence-electron chi connectivity index (χ2n) is 8.57. The number of carbonyl (C=O) groups excluding carboxylic acids is 3. The summed E-state index contributed by atoms with van der Waals surface area (Å²) in [6.45, 7) is 2.43. The van der Waals surface area contributed by atoms with Crippen LogP contribution < -0.4 is 20.3 Å². The highest BCUT2D eigenvalue weighted by Crippen LogP contribution is 2.17. The van der Waals surface area contributed by atoms with Crippen molar-refractivity contribution in [3.8, 4) is 0 Å². The van der Waals surface area contributed by atoms with Gasteiger partial charge in [-0.1, -0.05) is 17.7 Å². The van der Waals surface area contributed by atoms with E-state index in [9.17, 15) is 22.8 Å². The lowest BCUT2D eigenvalue weighted by Gasteiger charge is -2.18. The van der Waals surface area contributed by atoms with Crippen LogP contribution in [0.1, 0.15) is 24.8 Å². The van der Waals surface area contributed by atoms with Crippen molar-refractivity contribution in [3.63, 3.8) is 0 Å². The van der Waals surface area contributed by atoms with Gasteiger partial charge in [-0.25, -0.2) is 18.0 Å². The molecule has 2 aromatic rings. The molecular formula is C24H30N4O6S. The first kappa shape index (κ1) is 26.3. The van der Waals surface area contributed by atoms with Gasteiger partial charge in [0.25, 0.3) is 0 Å². The van der Waals surface area contributed by atoms with E-state index >= 15 is 0 Å². The number of nitrogens with one attached hydrogen (secondary N) is 3. The van der Waals surface area contributed by atoms with E-state index in [1.165, 1.54) is 12.1 Å². The molecule has 2 atom stereocenters. The highest BCUT2D eigenvalue weighted by atomic mass is 32.2. The second kappa shape index (κ2) is 11.4. The van der Waals surface area contributed by atoms with E-state index in [0.717, 1.165) is 17.7 Å². The number of rotatable bonds is 9. The maximum Gasteiger partial charge on any atom is 0.332 e. The van der Waals surface area contributed by atoms with E-state index in [4.69, 9.17) is 4.74 Å². The first-order valence-electron chi connectivity index (χ1n) is 11.2. The lowest BCUT2D eigenvalue weighted by Crippen LogP contribution is -2.46. The Balaban J connectivity index is 1.75. The number of benzene rings is 2. The fourth-order valence-electron chi connectivity index (χ4n) is 3.51. The number of sulfonamides is 1. The first-order valence-corrected chi connectivity index (χ1v) is 12.7. The van der Waals surface area contributed by atoms with Gasteiger partial charge in [-0.15, -0.1) is 0 Å². The van der Waals surface area contributed by atoms with Crippen molar-refractivity contribution >= 4 is 39.2 Å². The Bertz CT molecular complexity index is 1160. The van der Waals surface area contributed by atoms with E-state index in [2.05, 4.69) is 15.4 Å². The molecule has 1 aliphatic rings. The third-order valence-corrected chi connectivity index (χ3v) is 7.00. The Morgan fingerprint density at radius 3 is 2.31 bits per heavy atom. The molecular weight excluding hydrogens is 472 g/mol. The highest BCUT2D eigenvalue weighted by Gasteiger charge is 2.33. The number of anilines is 2. The molecule has 0 aliphatic carbocycles. The Hall–Kier alpha value is -3.28. The molecule has 3 N–H and O–H groups in total. The maximum atomic E-state index is 12.9. The summed E-state index contributed by atoms with van der Waals surface area (Å²) in [5.41, 5.74) is 2.25. The molecule has 1 amide bonds. The van der Waals surface area contributed by atoms with Crippen molar-refractivity contribution in [3.05, 3.63) is 54.1 Å². The summed E-state index contributed by atoms with van der Waals surface area (Å²) in [6.07, 6.45) is 0.701. The highest BCUT2D eigenvalue weighted by molar-refractivity contribution is 7.89. The van der Waals surface area contributed by atoms with E-state index in [-0.39, 0.29) is 4.90 Å². The Labute approximate surface area is 205 Å². The fraction of sp³-hybridized carbons (Fsp3) is 0.375. The van der Waals surface area contributed by atoms with E-state index in [0.29, 0.717) is 18.7 Å². The molecule has 1 heterocycles. The number of hydrogen-bond donors (Lipinski definition) is 3. The Kier molecular flexibility index (Phi) is 8.60. The van der Waals surface area contributed by atoms with Crippen LogP contribution in [0.25, 0.3) is 0 Å². The van der Waals surface area contributed by atoms with Crippen molar-refractivity contribution in [2.24, 2.45) is 0 Å². The van der Waals surface area contributed by atoms with E-state index in [1.54, 1.807) is 36.4 Å². The van der Waals surface area contributed by atoms with Gasteiger partial charge in [-0.05, 0) is 62.7 Å². The summed E-state index contributed by atoms with van der Waals surface area (Å²) in [7, 11) is -0.410. The molecule has 10 nitrogen and oxygen atoms in total. The van der Waals surface area contributed by atoms with Gasteiger partial charge < -0.3 is 20.3 Å². The molecule has 0 unspecified atom stereocenters. The molecule has 1 fully saturated rings. The Morgan fingerprint density at radius 1 is 1.09 bits per heavy atom. The van der Waals surface area contributed by atoms with E-state index < -0.39 is 46.4 Å². The van der Waals surface area contributed by atoms with Crippen molar-refractivity contribution in [1.82, 2.24) is 10.0 Å². The topological polar surface area (TPSA) is 134 Å². The van der Waals surface area contributed by atoms with Gasteiger partial charge in [0.05, 0.1) is 11.3 Å². The molecule has 0 saturated carbocycles.